The fourth-order valence-corrected chi connectivity index (χ4v) is 3.48. The van der Waals surface area contributed by atoms with Crippen molar-refractivity contribution in [2.75, 3.05) is 6.61 Å². The molecule has 0 aliphatic rings. The number of carbonyl (C=O) groups excluding carboxylic acids is 1. The number of carbonyl (C=O) groups is 1. The highest BCUT2D eigenvalue weighted by Crippen LogP contribution is 2.31. The molecule has 0 N–H and O–H groups in total. The fourth-order valence-electron chi connectivity index (χ4n) is 2.64. The Hall–Kier alpha value is -2.40. The summed E-state index contributed by atoms with van der Waals surface area (Å²) < 4.78 is 7.49. The second-order valence-electron chi connectivity index (χ2n) is 5.31. The van der Waals surface area contributed by atoms with E-state index in [1.165, 1.54) is 11.3 Å². The summed E-state index contributed by atoms with van der Waals surface area (Å²) in [6, 6.07) is 7.80. The zero-order chi connectivity index (χ0) is 16.4. The van der Waals surface area contributed by atoms with Gasteiger partial charge in [0.2, 0.25) is 0 Å². The van der Waals surface area contributed by atoms with Gasteiger partial charge in [0.25, 0.3) is 0 Å². The van der Waals surface area contributed by atoms with Gasteiger partial charge in [0.15, 0.2) is 11.4 Å². The molecule has 5 heteroatoms. The first-order valence-corrected chi connectivity index (χ1v) is 8.35. The number of ether oxygens (including phenoxy) is 1. The van der Waals surface area contributed by atoms with Gasteiger partial charge in [-0.1, -0.05) is 0 Å². The molecule has 0 fully saturated rings. The van der Waals surface area contributed by atoms with Gasteiger partial charge in [0.1, 0.15) is 5.75 Å². The van der Waals surface area contributed by atoms with Crippen LogP contribution < -0.4 is 4.74 Å². The van der Waals surface area contributed by atoms with Crippen LogP contribution in [-0.4, -0.2) is 22.4 Å². The molecule has 1 aromatic carbocycles. The van der Waals surface area contributed by atoms with Crippen molar-refractivity contribution in [3.63, 3.8) is 0 Å². The third kappa shape index (κ3) is 2.92. The number of aromatic nitrogens is 2. The summed E-state index contributed by atoms with van der Waals surface area (Å²) in [5.41, 5.74) is 4.78. The summed E-state index contributed by atoms with van der Waals surface area (Å²) in [5.74, 6) is 0.945. The number of thiazole rings is 1. The van der Waals surface area contributed by atoms with Crippen LogP contribution in [0.3, 0.4) is 0 Å². The lowest BCUT2D eigenvalue weighted by molar-refractivity contribution is 0.111. The van der Waals surface area contributed by atoms with Crippen LogP contribution in [0.2, 0.25) is 0 Å². The van der Waals surface area contributed by atoms with E-state index in [0.717, 1.165) is 39.6 Å². The number of benzene rings is 1. The van der Waals surface area contributed by atoms with Crippen molar-refractivity contribution in [3.8, 4) is 22.1 Å². The molecule has 0 aliphatic heterocycles. The van der Waals surface area contributed by atoms with E-state index in [2.05, 4.69) is 17.1 Å². The largest absolute Gasteiger partial charge is 0.493 e. The maximum atomic E-state index is 11.1. The minimum atomic E-state index is 0.602. The van der Waals surface area contributed by atoms with Crippen molar-refractivity contribution in [1.29, 1.82) is 0 Å². The molecule has 0 amide bonds. The molecule has 0 unspecified atom stereocenters. The number of aryl methyl sites for hydroxylation is 2. The average molecular weight is 326 g/mol. The fraction of sp³-hybridized carbons (Fsp3) is 0.222. The van der Waals surface area contributed by atoms with Crippen LogP contribution in [0.4, 0.5) is 0 Å². The van der Waals surface area contributed by atoms with Crippen LogP contribution in [0.1, 0.15) is 28.5 Å². The van der Waals surface area contributed by atoms with Crippen molar-refractivity contribution in [2.24, 2.45) is 0 Å². The Labute approximate surface area is 139 Å². The van der Waals surface area contributed by atoms with E-state index in [1.807, 2.05) is 38.4 Å². The predicted molar refractivity (Wildman–Crippen MR) is 92.9 cm³/mol. The summed E-state index contributed by atoms with van der Waals surface area (Å²) in [6.45, 7) is 6.74. The Bertz CT molecular complexity index is 825. The number of rotatable bonds is 5. The molecule has 0 saturated heterocycles. The second-order valence-corrected chi connectivity index (χ2v) is 6.14. The smallest absolute Gasteiger partial charge is 0.194 e. The first-order valence-electron chi connectivity index (χ1n) is 7.47. The Morgan fingerprint density at radius 2 is 2.04 bits per heavy atom. The monoisotopic (exact) mass is 326 g/mol. The van der Waals surface area contributed by atoms with E-state index in [9.17, 15) is 4.79 Å². The van der Waals surface area contributed by atoms with Crippen LogP contribution in [0.25, 0.3) is 16.4 Å². The number of nitrogens with zero attached hydrogens (tertiary/aromatic N) is 2. The third-order valence-electron chi connectivity index (χ3n) is 3.64. The molecule has 0 bridgehead atoms. The standard InChI is InChI=1S/C18H18N2O2S/c1-4-22-17-12(2)8-14(9-13(17)3)16-11-23-18(19-16)20-7-5-6-15(20)10-21/h5-11H,4H2,1-3H3. The van der Waals surface area contributed by atoms with E-state index < -0.39 is 0 Å². The molecule has 3 aromatic rings. The summed E-state index contributed by atoms with van der Waals surface area (Å²) in [6.07, 6.45) is 2.69. The van der Waals surface area contributed by atoms with Crippen molar-refractivity contribution < 1.29 is 9.53 Å². The van der Waals surface area contributed by atoms with E-state index in [0.29, 0.717) is 12.3 Å². The number of hydrogen-bond donors (Lipinski definition) is 0. The first kappa shape index (κ1) is 15.5. The normalized spacial score (nSPS) is 10.7. The van der Waals surface area contributed by atoms with Crippen molar-refractivity contribution in [3.05, 3.63) is 52.7 Å². The third-order valence-corrected chi connectivity index (χ3v) is 4.48. The van der Waals surface area contributed by atoms with Crippen molar-refractivity contribution in [2.45, 2.75) is 20.8 Å². The molecular weight excluding hydrogens is 308 g/mol. The van der Waals surface area contributed by atoms with Crippen LogP contribution in [0, 0.1) is 13.8 Å². The molecule has 118 valence electrons. The maximum absolute atomic E-state index is 11.1. The summed E-state index contributed by atoms with van der Waals surface area (Å²) in [4.78, 5) is 15.7. The molecule has 0 spiro atoms. The number of hydrogen-bond acceptors (Lipinski definition) is 4. The Kier molecular flexibility index (Phi) is 4.30. The topological polar surface area (TPSA) is 44.1 Å². The van der Waals surface area contributed by atoms with Gasteiger partial charge in [-0.25, -0.2) is 4.98 Å². The van der Waals surface area contributed by atoms with Gasteiger partial charge in [-0.05, 0) is 56.2 Å². The van der Waals surface area contributed by atoms with Crippen LogP contribution in [0.5, 0.6) is 5.75 Å². The zero-order valence-corrected chi connectivity index (χ0v) is 14.2. The molecule has 2 heterocycles. The molecule has 0 atom stereocenters. The minimum Gasteiger partial charge on any atom is -0.493 e. The van der Waals surface area contributed by atoms with Gasteiger partial charge in [-0.2, -0.15) is 0 Å². The SMILES string of the molecule is CCOc1c(C)cc(-c2csc(-n3cccc3C=O)n2)cc1C. The zero-order valence-electron chi connectivity index (χ0n) is 13.4. The van der Waals surface area contributed by atoms with Gasteiger partial charge < -0.3 is 4.74 Å². The van der Waals surface area contributed by atoms with Crippen LogP contribution in [0.15, 0.2) is 35.8 Å². The Morgan fingerprint density at radius 1 is 1.30 bits per heavy atom. The molecule has 23 heavy (non-hydrogen) atoms. The van der Waals surface area contributed by atoms with Crippen LogP contribution >= 0.6 is 11.3 Å². The lowest BCUT2D eigenvalue weighted by Crippen LogP contribution is -1.98. The molecular formula is C18H18N2O2S. The van der Waals surface area contributed by atoms with Gasteiger partial charge in [0.05, 0.1) is 18.0 Å². The highest BCUT2D eigenvalue weighted by Gasteiger charge is 2.12. The molecule has 2 aromatic heterocycles. The maximum Gasteiger partial charge on any atom is 0.194 e. The highest BCUT2D eigenvalue weighted by molar-refractivity contribution is 7.12. The van der Waals surface area contributed by atoms with E-state index in [4.69, 9.17) is 4.74 Å². The highest BCUT2D eigenvalue weighted by atomic mass is 32.1. The Balaban J connectivity index is 1.99. The molecule has 0 saturated carbocycles. The second kappa shape index (κ2) is 6.38. The van der Waals surface area contributed by atoms with Gasteiger partial charge in [-0.15, -0.1) is 11.3 Å². The average Bonchev–Trinajstić information content (AvgIpc) is 3.18. The van der Waals surface area contributed by atoms with E-state index in [1.54, 1.807) is 10.6 Å². The van der Waals surface area contributed by atoms with Gasteiger partial charge in [0, 0.05) is 17.1 Å². The minimum absolute atomic E-state index is 0.602. The molecule has 4 nitrogen and oxygen atoms in total. The van der Waals surface area contributed by atoms with Gasteiger partial charge >= 0.3 is 0 Å². The van der Waals surface area contributed by atoms with E-state index in [-0.39, 0.29) is 0 Å². The molecule has 0 radical (unpaired) electrons. The van der Waals surface area contributed by atoms with Crippen molar-refractivity contribution >= 4 is 17.6 Å². The lowest BCUT2D eigenvalue weighted by atomic mass is 10.0. The Morgan fingerprint density at radius 3 is 2.70 bits per heavy atom. The molecule has 0 aliphatic carbocycles. The quantitative estimate of drug-likeness (QED) is 0.652. The summed E-state index contributed by atoms with van der Waals surface area (Å²) in [7, 11) is 0. The van der Waals surface area contributed by atoms with Crippen LogP contribution in [-0.2, 0) is 0 Å². The van der Waals surface area contributed by atoms with E-state index >= 15 is 0 Å². The predicted octanol–water partition coefficient (Wildman–Crippen LogP) is 4.43. The summed E-state index contributed by atoms with van der Waals surface area (Å²) >= 11 is 1.52. The number of aldehydes is 1. The van der Waals surface area contributed by atoms with Crippen molar-refractivity contribution in [1.82, 2.24) is 9.55 Å². The molecule has 3 rings (SSSR count). The summed E-state index contributed by atoms with van der Waals surface area (Å²) in [5, 5.41) is 2.80. The lowest BCUT2D eigenvalue weighted by Gasteiger charge is -2.12. The van der Waals surface area contributed by atoms with Gasteiger partial charge in [-0.3, -0.25) is 9.36 Å². The first-order chi connectivity index (χ1) is 11.1.